The van der Waals surface area contributed by atoms with Crippen LogP contribution in [0, 0.1) is 0 Å². The van der Waals surface area contributed by atoms with E-state index in [9.17, 15) is 23.1 Å². The lowest BCUT2D eigenvalue weighted by Gasteiger charge is -2.20. The van der Waals surface area contributed by atoms with Crippen molar-refractivity contribution in [3.05, 3.63) is 59.2 Å². The largest absolute Gasteiger partial charge is 0.507 e. The summed E-state index contributed by atoms with van der Waals surface area (Å²) in [6, 6.07) is 8.56. The lowest BCUT2D eigenvalue weighted by Crippen LogP contribution is -2.11. The average molecular weight is 339 g/mol. The lowest BCUT2D eigenvalue weighted by atomic mass is 10.0. The summed E-state index contributed by atoms with van der Waals surface area (Å²) in [5, 5.41) is 21.6. The number of carboxylic acid groups (broad SMARTS) is 1. The fourth-order valence-corrected chi connectivity index (χ4v) is 2.32. The van der Waals surface area contributed by atoms with Gasteiger partial charge in [-0.3, -0.25) is 0 Å². The molecule has 0 bridgehead atoms. The van der Waals surface area contributed by atoms with E-state index in [1.54, 1.807) is 0 Å². The zero-order valence-corrected chi connectivity index (χ0v) is 12.8. The molecule has 4 nitrogen and oxygen atoms in total. The van der Waals surface area contributed by atoms with Gasteiger partial charge in [0, 0.05) is 5.69 Å². The summed E-state index contributed by atoms with van der Waals surface area (Å²) in [7, 11) is 0. The Morgan fingerprint density at radius 2 is 1.79 bits per heavy atom. The first-order valence-electron chi connectivity index (χ1n) is 7.22. The Morgan fingerprint density at radius 3 is 2.29 bits per heavy atom. The topological polar surface area (TPSA) is 69.6 Å². The maximum Gasteiger partial charge on any atom is 0.416 e. The number of halogens is 3. The van der Waals surface area contributed by atoms with E-state index in [1.165, 1.54) is 30.3 Å². The lowest BCUT2D eigenvalue weighted by molar-refractivity contribution is -0.137. The number of hydrogen-bond donors (Lipinski definition) is 3. The van der Waals surface area contributed by atoms with E-state index in [1.807, 2.05) is 6.92 Å². The molecule has 1 unspecified atom stereocenters. The predicted molar refractivity (Wildman–Crippen MR) is 83.2 cm³/mol. The third kappa shape index (κ3) is 3.98. The molecule has 1 atom stereocenters. The molecule has 0 aliphatic heterocycles. The summed E-state index contributed by atoms with van der Waals surface area (Å²) in [5.74, 6) is -1.62. The van der Waals surface area contributed by atoms with Crippen LogP contribution in [0.4, 0.5) is 18.9 Å². The van der Waals surface area contributed by atoms with E-state index in [-0.39, 0.29) is 17.4 Å². The van der Waals surface area contributed by atoms with Crippen LogP contribution in [0.5, 0.6) is 5.75 Å². The van der Waals surface area contributed by atoms with E-state index < -0.39 is 17.7 Å². The SMILES string of the molecule is CCC(Nc1ccc(O)c(C(=O)O)c1)c1ccc(C(F)(F)F)cc1. The highest BCUT2D eigenvalue weighted by Crippen LogP contribution is 2.31. The van der Waals surface area contributed by atoms with Crippen LogP contribution in [0.2, 0.25) is 0 Å². The van der Waals surface area contributed by atoms with Gasteiger partial charge in [0.15, 0.2) is 0 Å². The number of aromatic carboxylic acids is 1. The Labute approximate surface area is 136 Å². The van der Waals surface area contributed by atoms with Crippen molar-refractivity contribution in [3.8, 4) is 5.75 Å². The molecule has 2 rings (SSSR count). The molecule has 0 saturated carbocycles. The molecule has 0 aliphatic carbocycles. The summed E-state index contributed by atoms with van der Waals surface area (Å²) in [5.41, 5.74) is 0.133. The highest BCUT2D eigenvalue weighted by atomic mass is 19.4. The van der Waals surface area contributed by atoms with Crippen LogP contribution in [0.3, 0.4) is 0 Å². The second kappa shape index (κ2) is 6.82. The molecule has 24 heavy (non-hydrogen) atoms. The smallest absolute Gasteiger partial charge is 0.416 e. The van der Waals surface area contributed by atoms with Crippen molar-refractivity contribution in [1.29, 1.82) is 0 Å². The van der Waals surface area contributed by atoms with Crippen molar-refractivity contribution in [1.82, 2.24) is 0 Å². The van der Waals surface area contributed by atoms with Gasteiger partial charge >= 0.3 is 12.1 Å². The van der Waals surface area contributed by atoms with Crippen molar-refractivity contribution in [2.45, 2.75) is 25.6 Å². The molecule has 3 N–H and O–H groups in total. The number of carboxylic acids is 1. The van der Waals surface area contributed by atoms with Crippen molar-refractivity contribution >= 4 is 11.7 Å². The number of aromatic hydroxyl groups is 1. The van der Waals surface area contributed by atoms with Gasteiger partial charge in [0.2, 0.25) is 0 Å². The number of phenols is 1. The van der Waals surface area contributed by atoms with Gasteiger partial charge in [-0.15, -0.1) is 0 Å². The van der Waals surface area contributed by atoms with Gasteiger partial charge in [-0.1, -0.05) is 19.1 Å². The maximum atomic E-state index is 12.6. The predicted octanol–water partition coefficient (Wildman–Crippen LogP) is 4.67. The standard InChI is InChI=1S/C17H16F3NO3/c1-2-14(10-3-5-11(6-4-10)17(18,19)20)21-12-7-8-15(22)13(9-12)16(23)24/h3-9,14,21-22H,2H2,1H3,(H,23,24). The third-order valence-electron chi connectivity index (χ3n) is 3.62. The quantitative estimate of drug-likeness (QED) is 0.692. The monoisotopic (exact) mass is 339 g/mol. The van der Waals surface area contributed by atoms with Crippen LogP contribution in [0.1, 0.15) is 40.9 Å². The summed E-state index contributed by atoms with van der Waals surface area (Å²) in [4.78, 5) is 11.0. The first kappa shape index (κ1) is 17.7. The molecule has 2 aromatic carbocycles. The summed E-state index contributed by atoms with van der Waals surface area (Å²) < 4.78 is 37.8. The summed E-state index contributed by atoms with van der Waals surface area (Å²) in [6.07, 6.45) is -3.81. The van der Waals surface area contributed by atoms with E-state index in [0.29, 0.717) is 17.7 Å². The van der Waals surface area contributed by atoms with Crippen LogP contribution in [-0.2, 0) is 6.18 Å². The summed E-state index contributed by atoms with van der Waals surface area (Å²) in [6.45, 7) is 1.86. The zero-order chi connectivity index (χ0) is 17.9. The van der Waals surface area contributed by atoms with Crippen molar-refractivity contribution in [3.63, 3.8) is 0 Å². The fraction of sp³-hybridized carbons (Fsp3) is 0.235. The second-order valence-corrected chi connectivity index (χ2v) is 5.26. The van der Waals surface area contributed by atoms with Gasteiger partial charge < -0.3 is 15.5 Å². The van der Waals surface area contributed by atoms with Crippen LogP contribution in [-0.4, -0.2) is 16.2 Å². The van der Waals surface area contributed by atoms with Crippen molar-refractivity contribution < 1.29 is 28.2 Å². The molecule has 7 heteroatoms. The molecule has 0 heterocycles. The summed E-state index contributed by atoms with van der Waals surface area (Å²) >= 11 is 0. The Morgan fingerprint density at radius 1 is 1.17 bits per heavy atom. The molecule has 0 saturated heterocycles. The van der Waals surface area contributed by atoms with E-state index in [4.69, 9.17) is 5.11 Å². The molecule has 0 aromatic heterocycles. The Hall–Kier alpha value is -2.70. The minimum Gasteiger partial charge on any atom is -0.507 e. The van der Waals surface area contributed by atoms with Crippen molar-refractivity contribution in [2.75, 3.05) is 5.32 Å². The molecule has 0 spiro atoms. The van der Waals surface area contributed by atoms with E-state index in [2.05, 4.69) is 5.32 Å². The molecule has 0 fully saturated rings. The van der Waals surface area contributed by atoms with Gasteiger partial charge in [-0.05, 0) is 42.3 Å². The molecule has 128 valence electrons. The number of benzene rings is 2. The highest BCUT2D eigenvalue weighted by Gasteiger charge is 2.30. The van der Waals surface area contributed by atoms with E-state index in [0.717, 1.165) is 12.1 Å². The molecule has 0 aliphatic rings. The number of nitrogens with one attached hydrogen (secondary N) is 1. The number of carbonyl (C=O) groups is 1. The molecular weight excluding hydrogens is 323 g/mol. The van der Waals surface area contributed by atoms with Crippen LogP contribution < -0.4 is 5.32 Å². The first-order valence-corrected chi connectivity index (χ1v) is 7.22. The third-order valence-corrected chi connectivity index (χ3v) is 3.62. The van der Waals surface area contributed by atoms with Gasteiger partial charge in [-0.25, -0.2) is 4.79 Å². The van der Waals surface area contributed by atoms with Crippen LogP contribution in [0.15, 0.2) is 42.5 Å². The maximum absolute atomic E-state index is 12.6. The highest BCUT2D eigenvalue weighted by molar-refractivity contribution is 5.92. The minimum absolute atomic E-state index is 0.248. The zero-order valence-electron chi connectivity index (χ0n) is 12.8. The van der Waals surface area contributed by atoms with Crippen molar-refractivity contribution in [2.24, 2.45) is 0 Å². The van der Waals surface area contributed by atoms with Crippen LogP contribution in [0.25, 0.3) is 0 Å². The number of anilines is 1. The molecule has 0 radical (unpaired) electrons. The Bertz CT molecular complexity index is 727. The van der Waals surface area contributed by atoms with Crippen LogP contribution >= 0.6 is 0 Å². The Kier molecular flexibility index (Phi) is 5.02. The minimum atomic E-state index is -4.39. The first-order chi connectivity index (χ1) is 11.2. The van der Waals surface area contributed by atoms with Gasteiger partial charge in [-0.2, -0.15) is 13.2 Å². The van der Waals surface area contributed by atoms with Gasteiger partial charge in [0.1, 0.15) is 11.3 Å². The molecular formula is C17H16F3NO3. The molecule has 0 amide bonds. The average Bonchev–Trinajstić information content (AvgIpc) is 2.53. The van der Waals surface area contributed by atoms with Gasteiger partial charge in [0.05, 0.1) is 11.6 Å². The number of rotatable bonds is 5. The van der Waals surface area contributed by atoms with Gasteiger partial charge in [0.25, 0.3) is 0 Å². The normalized spacial score (nSPS) is 12.7. The second-order valence-electron chi connectivity index (χ2n) is 5.26. The molecule has 2 aromatic rings. The number of alkyl halides is 3. The Balaban J connectivity index is 2.24. The van der Waals surface area contributed by atoms with E-state index >= 15 is 0 Å². The number of hydrogen-bond acceptors (Lipinski definition) is 3. The fourth-order valence-electron chi connectivity index (χ4n) is 2.32.